The van der Waals surface area contributed by atoms with E-state index >= 15 is 0 Å². The summed E-state index contributed by atoms with van der Waals surface area (Å²) in [5, 5.41) is 10.4. The van der Waals surface area contributed by atoms with Gasteiger partial charge >= 0.3 is 0 Å². The van der Waals surface area contributed by atoms with Gasteiger partial charge in [-0.3, -0.25) is 4.90 Å². The van der Waals surface area contributed by atoms with E-state index in [1.165, 1.54) is 12.1 Å². The fourth-order valence-electron chi connectivity index (χ4n) is 3.64. The molecule has 1 heterocycles. The Morgan fingerprint density at radius 3 is 2.23 bits per heavy atom. The zero-order valence-electron chi connectivity index (χ0n) is 17.4. The van der Waals surface area contributed by atoms with Crippen molar-refractivity contribution in [2.75, 3.05) is 44.2 Å². The van der Waals surface area contributed by atoms with Gasteiger partial charge in [0, 0.05) is 44.5 Å². The quantitative estimate of drug-likeness (QED) is 0.590. The Hall–Kier alpha value is -3.09. The van der Waals surface area contributed by atoms with Gasteiger partial charge in [0.2, 0.25) is 0 Å². The number of ether oxygens (including phenoxy) is 2. The maximum Gasteiger partial charge on any atom is 0.131 e. The molecule has 0 amide bonds. The summed E-state index contributed by atoms with van der Waals surface area (Å²) < 4.78 is 24.7. The lowest BCUT2D eigenvalue weighted by molar-refractivity contribution is 0.0662. The lowest BCUT2D eigenvalue weighted by atomic mass is 10.2. The maximum absolute atomic E-state index is 13.1. The lowest BCUT2D eigenvalue weighted by Gasteiger charge is -2.36. The Morgan fingerprint density at radius 1 is 0.806 bits per heavy atom. The molecule has 0 spiro atoms. The van der Waals surface area contributed by atoms with E-state index in [1.807, 2.05) is 66.7 Å². The number of halogens is 1. The summed E-state index contributed by atoms with van der Waals surface area (Å²) in [4.78, 5) is 4.46. The number of piperazine rings is 1. The molecule has 1 fully saturated rings. The fraction of sp³-hybridized carbons (Fsp3) is 0.280. The number of hydrogen-bond acceptors (Lipinski definition) is 5. The number of aliphatic hydroxyl groups is 1. The van der Waals surface area contributed by atoms with Crippen LogP contribution in [0.2, 0.25) is 0 Å². The van der Waals surface area contributed by atoms with Crippen LogP contribution in [-0.2, 0) is 0 Å². The minimum atomic E-state index is -0.587. The Kier molecular flexibility index (Phi) is 7.02. The van der Waals surface area contributed by atoms with Crippen molar-refractivity contribution in [3.05, 3.63) is 84.7 Å². The normalized spacial score (nSPS) is 15.5. The van der Waals surface area contributed by atoms with Crippen LogP contribution < -0.4 is 14.4 Å². The van der Waals surface area contributed by atoms with Crippen molar-refractivity contribution in [3.8, 4) is 17.2 Å². The van der Waals surface area contributed by atoms with Gasteiger partial charge in [-0.15, -0.1) is 0 Å². The number of aliphatic hydroxyl groups excluding tert-OH is 1. The summed E-state index contributed by atoms with van der Waals surface area (Å²) in [6, 6.07) is 23.6. The minimum absolute atomic E-state index is 0.215. The number of rotatable bonds is 8. The number of para-hydroxylation sites is 1. The largest absolute Gasteiger partial charge is 0.491 e. The van der Waals surface area contributed by atoms with Crippen LogP contribution in [0.3, 0.4) is 0 Å². The molecule has 4 rings (SSSR count). The molecule has 162 valence electrons. The van der Waals surface area contributed by atoms with Crippen molar-refractivity contribution in [2.24, 2.45) is 0 Å². The highest BCUT2D eigenvalue weighted by molar-refractivity contribution is 5.46. The van der Waals surface area contributed by atoms with E-state index in [0.29, 0.717) is 18.0 Å². The molecule has 3 aromatic carbocycles. The average molecular weight is 423 g/mol. The molecule has 6 heteroatoms. The van der Waals surface area contributed by atoms with Crippen molar-refractivity contribution < 1.29 is 19.0 Å². The third kappa shape index (κ3) is 6.20. The molecule has 1 saturated heterocycles. The Labute approximate surface area is 182 Å². The molecule has 1 atom stereocenters. The summed E-state index contributed by atoms with van der Waals surface area (Å²) in [6.45, 7) is 4.14. The predicted molar refractivity (Wildman–Crippen MR) is 120 cm³/mol. The van der Waals surface area contributed by atoms with Crippen molar-refractivity contribution in [1.82, 2.24) is 4.90 Å². The van der Waals surface area contributed by atoms with E-state index in [-0.39, 0.29) is 12.4 Å². The first-order valence-electron chi connectivity index (χ1n) is 10.5. The van der Waals surface area contributed by atoms with Gasteiger partial charge in [0.15, 0.2) is 0 Å². The van der Waals surface area contributed by atoms with Gasteiger partial charge in [-0.1, -0.05) is 24.3 Å². The van der Waals surface area contributed by atoms with Crippen LogP contribution in [0.5, 0.6) is 17.2 Å². The van der Waals surface area contributed by atoms with Crippen LogP contribution in [0, 0.1) is 5.82 Å². The molecule has 0 bridgehead atoms. The SMILES string of the molecule is OC(COc1cccc(Oc2ccccc2)c1)CN1CCN(c2ccc(F)cc2)CC1. The zero-order valence-corrected chi connectivity index (χ0v) is 17.4. The molecule has 1 aliphatic rings. The molecule has 0 aromatic heterocycles. The van der Waals surface area contributed by atoms with E-state index in [2.05, 4.69) is 9.80 Å². The molecule has 0 saturated carbocycles. The van der Waals surface area contributed by atoms with E-state index in [1.54, 1.807) is 0 Å². The highest BCUT2D eigenvalue weighted by Gasteiger charge is 2.20. The van der Waals surface area contributed by atoms with Crippen molar-refractivity contribution in [3.63, 3.8) is 0 Å². The van der Waals surface area contributed by atoms with Crippen LogP contribution in [0.1, 0.15) is 0 Å². The molecule has 1 unspecified atom stereocenters. The molecule has 0 radical (unpaired) electrons. The van der Waals surface area contributed by atoms with Gasteiger partial charge in [0.1, 0.15) is 35.8 Å². The van der Waals surface area contributed by atoms with Crippen LogP contribution in [0.15, 0.2) is 78.9 Å². The highest BCUT2D eigenvalue weighted by Crippen LogP contribution is 2.25. The van der Waals surface area contributed by atoms with Crippen molar-refractivity contribution in [2.45, 2.75) is 6.10 Å². The summed E-state index contributed by atoms with van der Waals surface area (Å²) in [5.74, 6) is 1.89. The zero-order chi connectivity index (χ0) is 21.5. The Bertz CT molecular complexity index is 944. The number of β-amino-alcohol motifs (C(OH)–C–C–N with tert-alkyl or cyclic N) is 1. The summed E-state index contributed by atoms with van der Waals surface area (Å²) >= 11 is 0. The summed E-state index contributed by atoms with van der Waals surface area (Å²) in [5.41, 5.74) is 1.03. The molecular formula is C25H27FN2O3. The molecular weight excluding hydrogens is 395 g/mol. The number of nitrogens with zero attached hydrogens (tertiary/aromatic N) is 2. The molecule has 0 aliphatic carbocycles. The fourth-order valence-corrected chi connectivity index (χ4v) is 3.64. The van der Waals surface area contributed by atoms with Gasteiger partial charge in [0.25, 0.3) is 0 Å². The minimum Gasteiger partial charge on any atom is -0.491 e. The van der Waals surface area contributed by atoms with Gasteiger partial charge in [-0.05, 0) is 48.5 Å². The smallest absolute Gasteiger partial charge is 0.131 e. The second-order valence-corrected chi connectivity index (χ2v) is 7.62. The molecule has 1 aliphatic heterocycles. The number of hydrogen-bond donors (Lipinski definition) is 1. The second-order valence-electron chi connectivity index (χ2n) is 7.62. The second kappa shape index (κ2) is 10.3. The average Bonchev–Trinajstić information content (AvgIpc) is 2.80. The summed E-state index contributed by atoms with van der Waals surface area (Å²) in [6.07, 6.45) is -0.587. The number of benzene rings is 3. The first-order chi connectivity index (χ1) is 15.2. The third-order valence-corrected chi connectivity index (χ3v) is 5.26. The van der Waals surface area contributed by atoms with Crippen LogP contribution in [0.4, 0.5) is 10.1 Å². The monoisotopic (exact) mass is 422 g/mol. The van der Waals surface area contributed by atoms with Crippen LogP contribution in [0.25, 0.3) is 0 Å². The number of anilines is 1. The van der Waals surface area contributed by atoms with Gasteiger partial charge in [0.05, 0.1) is 0 Å². The lowest BCUT2D eigenvalue weighted by Crippen LogP contribution is -2.49. The topological polar surface area (TPSA) is 45.2 Å². The first kappa shape index (κ1) is 21.2. The van der Waals surface area contributed by atoms with E-state index in [0.717, 1.165) is 37.6 Å². The van der Waals surface area contributed by atoms with E-state index < -0.39 is 6.10 Å². The van der Waals surface area contributed by atoms with Gasteiger partial charge in [-0.25, -0.2) is 4.39 Å². The highest BCUT2D eigenvalue weighted by atomic mass is 19.1. The first-order valence-corrected chi connectivity index (χ1v) is 10.5. The van der Waals surface area contributed by atoms with Crippen LogP contribution >= 0.6 is 0 Å². The van der Waals surface area contributed by atoms with Crippen molar-refractivity contribution >= 4 is 5.69 Å². The standard InChI is InChI=1S/C25H27FN2O3/c26-20-9-11-21(12-10-20)28-15-13-27(14-16-28)18-22(29)19-30-24-7-4-8-25(17-24)31-23-5-2-1-3-6-23/h1-12,17,22,29H,13-16,18-19H2. The van der Waals surface area contributed by atoms with Crippen LogP contribution in [-0.4, -0.2) is 55.4 Å². The molecule has 1 N–H and O–H groups in total. The maximum atomic E-state index is 13.1. The predicted octanol–water partition coefficient (Wildman–Crippen LogP) is 4.18. The van der Waals surface area contributed by atoms with Crippen molar-refractivity contribution in [1.29, 1.82) is 0 Å². The van der Waals surface area contributed by atoms with E-state index in [4.69, 9.17) is 9.47 Å². The van der Waals surface area contributed by atoms with Gasteiger partial charge in [-0.2, -0.15) is 0 Å². The van der Waals surface area contributed by atoms with E-state index in [9.17, 15) is 9.50 Å². The Morgan fingerprint density at radius 2 is 1.48 bits per heavy atom. The Balaban J connectivity index is 1.21. The third-order valence-electron chi connectivity index (χ3n) is 5.26. The molecule has 31 heavy (non-hydrogen) atoms. The molecule has 3 aromatic rings. The summed E-state index contributed by atoms with van der Waals surface area (Å²) in [7, 11) is 0. The molecule has 5 nitrogen and oxygen atoms in total. The van der Waals surface area contributed by atoms with Gasteiger partial charge < -0.3 is 19.5 Å².